The summed E-state index contributed by atoms with van der Waals surface area (Å²) in [6, 6.07) is 8.56. The van der Waals surface area contributed by atoms with Crippen molar-refractivity contribution >= 4 is 11.9 Å². The van der Waals surface area contributed by atoms with Crippen LogP contribution in [-0.2, 0) is 6.54 Å². The van der Waals surface area contributed by atoms with Gasteiger partial charge in [0.05, 0.1) is 0 Å². The molecule has 2 heterocycles. The summed E-state index contributed by atoms with van der Waals surface area (Å²) in [6.45, 7) is 3.03. The smallest absolute Gasteiger partial charge is 0.387 e. The number of benzene rings is 1. The molecule has 1 aliphatic rings. The van der Waals surface area contributed by atoms with Crippen molar-refractivity contribution in [2.24, 2.45) is 4.99 Å². The topological polar surface area (TPSA) is 77.9 Å². The molecule has 168 valence electrons. The van der Waals surface area contributed by atoms with Crippen molar-refractivity contribution < 1.29 is 13.5 Å². The van der Waals surface area contributed by atoms with Crippen LogP contribution in [0.1, 0.15) is 12.0 Å². The second-order valence-corrected chi connectivity index (χ2v) is 7.07. The molecule has 2 aromatic rings. The first-order valence-electron chi connectivity index (χ1n) is 10.4. The van der Waals surface area contributed by atoms with Crippen molar-refractivity contribution in [2.45, 2.75) is 19.6 Å². The molecular formula is C21H29F2N7O. The normalized spacial score (nSPS) is 15.2. The number of para-hydroxylation sites is 1. The van der Waals surface area contributed by atoms with Gasteiger partial charge in [-0.3, -0.25) is 9.89 Å². The molecule has 0 aliphatic carbocycles. The number of aliphatic imine (C=N–C) groups is 1. The highest BCUT2D eigenvalue weighted by atomic mass is 19.3. The zero-order chi connectivity index (χ0) is 21.9. The zero-order valence-corrected chi connectivity index (χ0v) is 17.7. The molecule has 3 rings (SSSR count). The van der Waals surface area contributed by atoms with Gasteiger partial charge in [-0.15, -0.1) is 0 Å². The summed E-state index contributed by atoms with van der Waals surface area (Å²) in [6.07, 6.45) is 4.51. The number of hydrogen-bond acceptors (Lipinski definition) is 6. The molecule has 0 saturated carbocycles. The van der Waals surface area contributed by atoms with Crippen LogP contribution in [0.25, 0.3) is 0 Å². The fourth-order valence-electron chi connectivity index (χ4n) is 3.40. The maximum Gasteiger partial charge on any atom is 0.387 e. The first-order valence-corrected chi connectivity index (χ1v) is 10.4. The SMILES string of the molecule is CN=C(NCCCN1CCN(c2ncccn2)CC1)NCc1ccccc1OC(F)F. The van der Waals surface area contributed by atoms with E-state index in [-0.39, 0.29) is 5.75 Å². The Morgan fingerprint density at radius 3 is 2.55 bits per heavy atom. The minimum Gasteiger partial charge on any atom is -0.434 e. The lowest BCUT2D eigenvalue weighted by Crippen LogP contribution is -2.47. The molecule has 1 aromatic carbocycles. The number of ether oxygens (including phenoxy) is 1. The molecule has 0 atom stereocenters. The highest BCUT2D eigenvalue weighted by molar-refractivity contribution is 5.79. The van der Waals surface area contributed by atoms with Crippen molar-refractivity contribution in [2.75, 3.05) is 51.2 Å². The van der Waals surface area contributed by atoms with Crippen LogP contribution in [0.4, 0.5) is 14.7 Å². The fraction of sp³-hybridized carbons (Fsp3) is 0.476. The number of alkyl halides is 2. The summed E-state index contributed by atoms with van der Waals surface area (Å²) in [5, 5.41) is 6.41. The Hall–Kier alpha value is -3.01. The van der Waals surface area contributed by atoms with E-state index < -0.39 is 6.61 Å². The number of anilines is 1. The summed E-state index contributed by atoms with van der Waals surface area (Å²) in [4.78, 5) is 17.4. The number of nitrogens with one attached hydrogen (secondary N) is 2. The van der Waals surface area contributed by atoms with Gasteiger partial charge >= 0.3 is 6.61 Å². The van der Waals surface area contributed by atoms with Crippen LogP contribution < -0.4 is 20.3 Å². The Labute approximate surface area is 181 Å². The summed E-state index contributed by atoms with van der Waals surface area (Å²) in [5.41, 5.74) is 0.644. The van der Waals surface area contributed by atoms with E-state index in [1.54, 1.807) is 37.6 Å². The maximum atomic E-state index is 12.5. The van der Waals surface area contributed by atoms with E-state index in [1.165, 1.54) is 6.07 Å². The van der Waals surface area contributed by atoms with Crippen LogP contribution in [0.2, 0.25) is 0 Å². The Bertz CT molecular complexity index is 814. The third-order valence-electron chi connectivity index (χ3n) is 5.01. The number of piperazine rings is 1. The van der Waals surface area contributed by atoms with Gasteiger partial charge in [-0.1, -0.05) is 18.2 Å². The van der Waals surface area contributed by atoms with Crippen LogP contribution in [0.5, 0.6) is 5.75 Å². The van der Waals surface area contributed by atoms with Gasteiger partial charge in [-0.25, -0.2) is 9.97 Å². The Morgan fingerprint density at radius 2 is 1.84 bits per heavy atom. The van der Waals surface area contributed by atoms with Crippen molar-refractivity contribution in [3.63, 3.8) is 0 Å². The van der Waals surface area contributed by atoms with Gasteiger partial charge in [-0.2, -0.15) is 8.78 Å². The molecule has 0 radical (unpaired) electrons. The van der Waals surface area contributed by atoms with Gasteiger partial charge < -0.3 is 20.3 Å². The Morgan fingerprint density at radius 1 is 1.10 bits per heavy atom. The fourth-order valence-corrected chi connectivity index (χ4v) is 3.40. The predicted octanol–water partition coefficient (Wildman–Crippen LogP) is 1.96. The van der Waals surface area contributed by atoms with Crippen LogP contribution in [0, 0.1) is 0 Å². The molecule has 31 heavy (non-hydrogen) atoms. The van der Waals surface area contributed by atoms with Crippen molar-refractivity contribution in [3.05, 3.63) is 48.3 Å². The van der Waals surface area contributed by atoms with Crippen LogP contribution in [0.3, 0.4) is 0 Å². The number of rotatable bonds is 9. The molecule has 1 aromatic heterocycles. The molecule has 0 bridgehead atoms. The van der Waals surface area contributed by atoms with Crippen LogP contribution in [0.15, 0.2) is 47.7 Å². The van der Waals surface area contributed by atoms with E-state index >= 15 is 0 Å². The average molecular weight is 434 g/mol. The van der Waals surface area contributed by atoms with E-state index in [1.807, 2.05) is 6.07 Å². The van der Waals surface area contributed by atoms with Gasteiger partial charge in [0.2, 0.25) is 5.95 Å². The highest BCUT2D eigenvalue weighted by Gasteiger charge is 2.18. The van der Waals surface area contributed by atoms with E-state index in [0.29, 0.717) is 18.1 Å². The van der Waals surface area contributed by atoms with E-state index in [0.717, 1.165) is 51.6 Å². The molecule has 10 heteroatoms. The van der Waals surface area contributed by atoms with E-state index in [9.17, 15) is 8.78 Å². The highest BCUT2D eigenvalue weighted by Crippen LogP contribution is 2.19. The number of nitrogens with zero attached hydrogens (tertiary/aromatic N) is 5. The number of halogens is 2. The quantitative estimate of drug-likeness (QED) is 0.356. The van der Waals surface area contributed by atoms with Gasteiger partial charge in [0, 0.05) is 64.3 Å². The van der Waals surface area contributed by atoms with Gasteiger partial charge in [-0.05, 0) is 25.1 Å². The monoisotopic (exact) mass is 433 g/mol. The second-order valence-electron chi connectivity index (χ2n) is 7.07. The predicted molar refractivity (Wildman–Crippen MR) is 117 cm³/mol. The van der Waals surface area contributed by atoms with Gasteiger partial charge in [0.25, 0.3) is 0 Å². The van der Waals surface area contributed by atoms with Crippen LogP contribution in [-0.4, -0.2) is 73.8 Å². The van der Waals surface area contributed by atoms with Crippen molar-refractivity contribution in [3.8, 4) is 5.75 Å². The minimum absolute atomic E-state index is 0.167. The molecule has 0 spiro atoms. The third-order valence-corrected chi connectivity index (χ3v) is 5.01. The summed E-state index contributed by atoms with van der Waals surface area (Å²) in [7, 11) is 1.68. The number of aromatic nitrogens is 2. The summed E-state index contributed by atoms with van der Waals surface area (Å²) in [5.74, 6) is 1.58. The first kappa shape index (κ1) is 22.7. The maximum absolute atomic E-state index is 12.5. The van der Waals surface area contributed by atoms with Crippen molar-refractivity contribution in [1.82, 2.24) is 25.5 Å². The lowest BCUT2D eigenvalue weighted by Gasteiger charge is -2.34. The van der Waals surface area contributed by atoms with Gasteiger partial charge in [0.15, 0.2) is 5.96 Å². The lowest BCUT2D eigenvalue weighted by molar-refractivity contribution is -0.0504. The minimum atomic E-state index is -2.85. The standard InChI is InChI=1S/C21H29F2N7O/c1-24-20(28-16-17-6-2-3-7-18(17)31-19(22)23)25-10-5-11-29-12-14-30(15-13-29)21-26-8-4-9-27-21/h2-4,6-9,19H,5,10-16H2,1H3,(H2,24,25,28). The average Bonchev–Trinajstić information content (AvgIpc) is 2.80. The Kier molecular flexibility index (Phi) is 8.77. The van der Waals surface area contributed by atoms with E-state index in [2.05, 4.69) is 40.1 Å². The van der Waals surface area contributed by atoms with Gasteiger partial charge in [0.1, 0.15) is 5.75 Å². The molecular weight excluding hydrogens is 404 g/mol. The largest absolute Gasteiger partial charge is 0.434 e. The zero-order valence-electron chi connectivity index (χ0n) is 17.7. The molecule has 0 amide bonds. The molecule has 2 N–H and O–H groups in total. The first-order chi connectivity index (χ1) is 15.2. The number of hydrogen-bond donors (Lipinski definition) is 2. The Balaban J connectivity index is 1.34. The molecule has 8 nitrogen and oxygen atoms in total. The molecule has 1 fully saturated rings. The molecule has 0 unspecified atom stereocenters. The molecule has 1 saturated heterocycles. The number of guanidine groups is 1. The van der Waals surface area contributed by atoms with Crippen LogP contribution >= 0.6 is 0 Å². The third kappa shape index (κ3) is 7.32. The molecule has 1 aliphatic heterocycles. The summed E-state index contributed by atoms with van der Waals surface area (Å²) < 4.78 is 29.6. The van der Waals surface area contributed by atoms with E-state index in [4.69, 9.17) is 0 Å². The second kappa shape index (κ2) is 12.0. The summed E-state index contributed by atoms with van der Waals surface area (Å²) >= 11 is 0. The lowest BCUT2D eigenvalue weighted by atomic mass is 10.2. The van der Waals surface area contributed by atoms with Crippen molar-refractivity contribution in [1.29, 1.82) is 0 Å².